The number of furan rings is 1. The molecular formula is C25H25ClF2N4O3. The van der Waals surface area contributed by atoms with Crippen LogP contribution in [0.2, 0.25) is 5.02 Å². The number of aliphatic hydroxyl groups excluding tert-OH is 1. The number of carbonyl (C=O) groups excluding carboxylic acids is 1. The predicted molar refractivity (Wildman–Crippen MR) is 128 cm³/mol. The van der Waals surface area contributed by atoms with Crippen molar-refractivity contribution in [2.75, 3.05) is 19.6 Å². The number of nitrogens with zero attached hydrogens (tertiary/aromatic N) is 3. The van der Waals surface area contributed by atoms with Crippen molar-refractivity contribution in [2.45, 2.75) is 30.9 Å². The Balaban J connectivity index is 1.41. The maximum absolute atomic E-state index is 15.2. The molecule has 0 aliphatic carbocycles. The van der Waals surface area contributed by atoms with Gasteiger partial charge in [0.2, 0.25) is 0 Å². The van der Waals surface area contributed by atoms with Gasteiger partial charge >= 0.3 is 5.92 Å². The zero-order valence-corrected chi connectivity index (χ0v) is 19.8. The number of aryl methyl sites for hydroxylation is 1. The summed E-state index contributed by atoms with van der Waals surface area (Å²) in [5, 5.41) is 19.3. The quantitative estimate of drug-likeness (QED) is 0.392. The predicted octanol–water partition coefficient (Wildman–Crippen LogP) is 4.38. The Kier molecular flexibility index (Phi) is 6.25. The van der Waals surface area contributed by atoms with E-state index in [1.165, 1.54) is 18.2 Å². The molecule has 1 aliphatic heterocycles. The van der Waals surface area contributed by atoms with Gasteiger partial charge in [-0.2, -0.15) is 13.9 Å². The van der Waals surface area contributed by atoms with Crippen LogP contribution < -0.4 is 5.32 Å². The second-order valence-electron chi connectivity index (χ2n) is 8.99. The zero-order chi connectivity index (χ0) is 24.7. The first-order chi connectivity index (χ1) is 16.7. The number of alkyl halides is 2. The van der Waals surface area contributed by atoms with E-state index in [9.17, 15) is 9.90 Å². The molecule has 2 N–H and O–H groups in total. The summed E-state index contributed by atoms with van der Waals surface area (Å²) >= 11 is 5.94. The highest BCUT2D eigenvalue weighted by Gasteiger charge is 2.46. The lowest BCUT2D eigenvalue weighted by Gasteiger charge is -2.29. The molecule has 1 aliphatic rings. The molecule has 2 atom stereocenters. The van der Waals surface area contributed by atoms with Crippen LogP contribution in [0.15, 0.2) is 53.1 Å². The zero-order valence-electron chi connectivity index (χ0n) is 19.0. The molecule has 1 saturated heterocycles. The van der Waals surface area contributed by atoms with Gasteiger partial charge in [-0.3, -0.25) is 9.48 Å². The first kappa shape index (κ1) is 23.7. The molecule has 3 heterocycles. The summed E-state index contributed by atoms with van der Waals surface area (Å²) in [6.07, 6.45) is 2.43. The van der Waals surface area contributed by atoms with Crippen LogP contribution in [0.4, 0.5) is 8.78 Å². The number of aliphatic hydroxyl groups is 1. The van der Waals surface area contributed by atoms with Gasteiger partial charge in [-0.25, -0.2) is 0 Å². The Morgan fingerprint density at radius 2 is 1.97 bits per heavy atom. The van der Waals surface area contributed by atoms with Crippen molar-refractivity contribution in [1.29, 1.82) is 0 Å². The Labute approximate surface area is 205 Å². The van der Waals surface area contributed by atoms with E-state index in [1.807, 2.05) is 13.1 Å². The first-order valence-corrected chi connectivity index (χ1v) is 11.8. The van der Waals surface area contributed by atoms with Crippen LogP contribution in [0.25, 0.3) is 21.9 Å². The molecule has 35 heavy (non-hydrogen) atoms. The summed E-state index contributed by atoms with van der Waals surface area (Å²) < 4.78 is 37.4. The number of aromatic nitrogens is 2. The lowest BCUT2D eigenvalue weighted by molar-refractivity contribution is -0.151. The van der Waals surface area contributed by atoms with Gasteiger partial charge in [0.05, 0.1) is 17.8 Å². The second-order valence-corrected chi connectivity index (χ2v) is 9.42. The normalized spacial score (nSPS) is 16.7. The van der Waals surface area contributed by atoms with E-state index in [0.29, 0.717) is 16.0 Å². The lowest BCUT2D eigenvalue weighted by Crippen LogP contribution is -2.50. The fourth-order valence-electron chi connectivity index (χ4n) is 4.61. The number of rotatable bonds is 7. The minimum absolute atomic E-state index is 0.204. The maximum atomic E-state index is 15.2. The largest absolute Gasteiger partial charge is 0.454 e. The topological polar surface area (TPSA) is 83.5 Å². The molecule has 1 amide bonds. The highest BCUT2D eigenvalue weighted by molar-refractivity contribution is 6.31. The Morgan fingerprint density at radius 3 is 2.74 bits per heavy atom. The summed E-state index contributed by atoms with van der Waals surface area (Å²) in [6.45, 7) is 1.80. The summed E-state index contributed by atoms with van der Waals surface area (Å²) in [6, 6.07) is 9.94. The molecule has 10 heteroatoms. The SMILES string of the molecule is Cn1ncc2cc([C@@H](O)[C@@H](CN3CCCC3)NC(=O)C(F)(F)c3cc4cc(Cl)ccc4o3)ccc21. The number of benzene rings is 2. The average Bonchev–Trinajstić information content (AvgIpc) is 3.58. The molecule has 2 aromatic carbocycles. The molecule has 184 valence electrons. The van der Waals surface area contributed by atoms with Crippen LogP contribution >= 0.6 is 11.6 Å². The van der Waals surface area contributed by atoms with E-state index in [0.717, 1.165) is 42.9 Å². The summed E-state index contributed by atoms with van der Waals surface area (Å²) in [5.41, 5.74) is 1.59. The van der Waals surface area contributed by atoms with Crippen molar-refractivity contribution in [3.63, 3.8) is 0 Å². The molecule has 0 bridgehead atoms. The third-order valence-corrected chi connectivity index (χ3v) is 6.77. The first-order valence-electron chi connectivity index (χ1n) is 11.4. The molecule has 0 unspecified atom stereocenters. The maximum Gasteiger partial charge on any atom is 0.380 e. The number of likely N-dealkylation sites (tertiary alicyclic amines) is 1. The number of hydrogen-bond acceptors (Lipinski definition) is 5. The molecule has 0 saturated carbocycles. The molecule has 0 spiro atoms. The summed E-state index contributed by atoms with van der Waals surface area (Å²) in [4.78, 5) is 14.9. The van der Waals surface area contributed by atoms with Crippen molar-refractivity contribution in [3.05, 3.63) is 65.0 Å². The molecule has 7 nitrogen and oxygen atoms in total. The number of fused-ring (bicyclic) bond motifs is 2. The average molecular weight is 503 g/mol. The number of halogens is 3. The van der Waals surface area contributed by atoms with Gasteiger partial charge in [-0.15, -0.1) is 0 Å². The molecule has 4 aromatic rings. The van der Waals surface area contributed by atoms with Gasteiger partial charge < -0.3 is 19.7 Å². The number of carbonyl (C=O) groups is 1. The summed E-state index contributed by atoms with van der Waals surface area (Å²) in [7, 11) is 1.81. The van der Waals surface area contributed by atoms with E-state index >= 15 is 8.78 Å². The highest BCUT2D eigenvalue weighted by atomic mass is 35.5. The van der Waals surface area contributed by atoms with Crippen molar-refractivity contribution in [2.24, 2.45) is 7.05 Å². The molecule has 2 aromatic heterocycles. The van der Waals surface area contributed by atoms with Gasteiger partial charge in [-0.05, 0) is 67.9 Å². The van der Waals surface area contributed by atoms with E-state index in [2.05, 4.69) is 15.3 Å². The Bertz CT molecular complexity index is 1380. The third kappa shape index (κ3) is 4.63. The van der Waals surface area contributed by atoms with E-state index < -0.39 is 29.7 Å². The third-order valence-electron chi connectivity index (χ3n) is 6.54. The smallest absolute Gasteiger partial charge is 0.380 e. The molecule has 0 radical (unpaired) electrons. The van der Waals surface area contributed by atoms with E-state index in [-0.39, 0.29) is 12.1 Å². The molecular weight excluding hydrogens is 478 g/mol. The van der Waals surface area contributed by atoms with Gasteiger partial charge in [-0.1, -0.05) is 17.7 Å². The number of hydrogen-bond donors (Lipinski definition) is 2. The molecule has 5 rings (SSSR count). The van der Waals surface area contributed by atoms with Crippen LogP contribution in [0, 0.1) is 0 Å². The monoisotopic (exact) mass is 502 g/mol. The standard InChI is InChI=1S/C25H25ClF2N4O3/c1-31-20-6-4-15(10-17(20)13-29-31)23(33)19(14-32-8-2-3-9-32)30-24(34)25(27,28)22-12-16-11-18(26)5-7-21(16)35-22/h4-7,10-13,19,23,33H,2-3,8-9,14H2,1H3,(H,30,34)/t19-,23-/m1/s1. The second kappa shape index (κ2) is 9.22. The fourth-order valence-corrected chi connectivity index (χ4v) is 4.79. The minimum atomic E-state index is -3.94. The van der Waals surface area contributed by atoms with Crippen molar-refractivity contribution in [3.8, 4) is 0 Å². The van der Waals surface area contributed by atoms with Crippen LogP contribution in [0.5, 0.6) is 0 Å². The van der Waals surface area contributed by atoms with Crippen LogP contribution in [-0.2, 0) is 17.8 Å². The van der Waals surface area contributed by atoms with Crippen molar-refractivity contribution in [1.82, 2.24) is 20.0 Å². The Morgan fingerprint density at radius 1 is 1.20 bits per heavy atom. The lowest BCUT2D eigenvalue weighted by atomic mass is 9.99. The molecule has 1 fully saturated rings. The minimum Gasteiger partial charge on any atom is -0.454 e. The highest BCUT2D eigenvalue weighted by Crippen LogP contribution is 2.34. The van der Waals surface area contributed by atoms with Crippen LogP contribution in [0.1, 0.15) is 30.3 Å². The van der Waals surface area contributed by atoms with Gasteiger partial charge in [0.25, 0.3) is 5.91 Å². The van der Waals surface area contributed by atoms with Crippen LogP contribution in [0.3, 0.4) is 0 Å². The number of nitrogens with one attached hydrogen (secondary N) is 1. The summed E-state index contributed by atoms with van der Waals surface area (Å²) in [5.74, 6) is -6.26. The van der Waals surface area contributed by atoms with E-state index in [4.69, 9.17) is 16.0 Å². The number of amides is 1. The van der Waals surface area contributed by atoms with E-state index in [1.54, 1.807) is 23.0 Å². The van der Waals surface area contributed by atoms with Crippen LogP contribution in [-0.4, -0.2) is 51.4 Å². The van der Waals surface area contributed by atoms with Crippen molar-refractivity contribution >= 4 is 39.4 Å². The van der Waals surface area contributed by atoms with Gasteiger partial charge in [0, 0.05) is 29.4 Å². The van der Waals surface area contributed by atoms with Crippen molar-refractivity contribution < 1.29 is 23.1 Å². The van der Waals surface area contributed by atoms with Gasteiger partial charge in [0.15, 0.2) is 5.76 Å². The fraction of sp³-hybridized carbons (Fsp3) is 0.360. The van der Waals surface area contributed by atoms with Gasteiger partial charge in [0.1, 0.15) is 11.7 Å². The Hall–Kier alpha value is -3.01.